The number of amides is 2. The van der Waals surface area contributed by atoms with E-state index in [1.807, 2.05) is 6.92 Å². The van der Waals surface area contributed by atoms with Crippen molar-refractivity contribution in [3.63, 3.8) is 0 Å². The molecule has 0 saturated carbocycles. The summed E-state index contributed by atoms with van der Waals surface area (Å²) in [5.74, 6) is -1.32. The fourth-order valence-corrected chi connectivity index (χ4v) is 1.68. The monoisotopic (exact) mass is 288 g/mol. The van der Waals surface area contributed by atoms with Crippen LogP contribution in [0.3, 0.4) is 0 Å². The summed E-state index contributed by atoms with van der Waals surface area (Å²) < 4.78 is 4.83. The second-order valence-corrected chi connectivity index (χ2v) is 4.43. The number of hydrogen-bond donors (Lipinski definition) is 1. The van der Waals surface area contributed by atoms with Crippen LogP contribution < -0.4 is 0 Å². The summed E-state index contributed by atoms with van der Waals surface area (Å²) in [4.78, 5) is 36.9. The zero-order valence-electron chi connectivity index (χ0n) is 12.4. The first-order chi connectivity index (χ1) is 9.42. The second kappa shape index (κ2) is 10.1. The van der Waals surface area contributed by atoms with Gasteiger partial charge in [-0.2, -0.15) is 0 Å². The lowest BCUT2D eigenvalue weighted by Gasteiger charge is -2.27. The van der Waals surface area contributed by atoms with Gasteiger partial charge in [-0.15, -0.1) is 0 Å². The largest absolute Gasteiger partial charge is 0.481 e. The van der Waals surface area contributed by atoms with Crippen LogP contribution >= 0.6 is 0 Å². The number of rotatable bonds is 9. The molecular formula is C13H24N2O5. The quantitative estimate of drug-likeness (QED) is 0.644. The van der Waals surface area contributed by atoms with E-state index in [1.54, 1.807) is 14.0 Å². The van der Waals surface area contributed by atoms with Gasteiger partial charge >= 0.3 is 18.0 Å². The van der Waals surface area contributed by atoms with Gasteiger partial charge in [0, 0.05) is 26.6 Å². The minimum absolute atomic E-state index is 0.0171. The molecule has 0 radical (unpaired) electrons. The lowest BCUT2D eigenvalue weighted by atomic mass is 10.3. The van der Waals surface area contributed by atoms with Crippen LogP contribution in [0, 0.1) is 0 Å². The number of esters is 1. The minimum Gasteiger partial charge on any atom is -0.481 e. The number of carboxylic acids is 1. The molecule has 0 aromatic carbocycles. The van der Waals surface area contributed by atoms with Gasteiger partial charge in [-0.3, -0.25) is 9.59 Å². The molecule has 0 spiro atoms. The van der Waals surface area contributed by atoms with Crippen LogP contribution in [0.4, 0.5) is 4.79 Å². The molecule has 0 fully saturated rings. The number of carbonyl (C=O) groups excluding carboxylic acids is 2. The third kappa shape index (κ3) is 7.60. The summed E-state index contributed by atoms with van der Waals surface area (Å²) in [6.45, 7) is 4.62. The van der Waals surface area contributed by atoms with Crippen LogP contribution in [-0.4, -0.2) is 66.2 Å². The second-order valence-electron chi connectivity index (χ2n) is 4.43. The van der Waals surface area contributed by atoms with Gasteiger partial charge in [-0.25, -0.2) is 4.79 Å². The van der Waals surface area contributed by atoms with Crippen LogP contribution in [0.1, 0.15) is 33.1 Å². The van der Waals surface area contributed by atoms with Gasteiger partial charge in [0.25, 0.3) is 0 Å². The molecule has 0 aromatic heterocycles. The zero-order valence-corrected chi connectivity index (χ0v) is 12.4. The van der Waals surface area contributed by atoms with Crippen LogP contribution in [0.15, 0.2) is 0 Å². The first kappa shape index (κ1) is 18.2. The Morgan fingerprint density at radius 1 is 1.15 bits per heavy atom. The van der Waals surface area contributed by atoms with E-state index < -0.39 is 11.9 Å². The molecule has 0 unspecified atom stereocenters. The number of nitrogens with zero attached hydrogens (tertiary/aromatic N) is 2. The van der Waals surface area contributed by atoms with Crippen molar-refractivity contribution in [1.29, 1.82) is 0 Å². The van der Waals surface area contributed by atoms with Gasteiger partial charge < -0.3 is 19.6 Å². The fraction of sp³-hybridized carbons (Fsp3) is 0.769. The fourth-order valence-electron chi connectivity index (χ4n) is 1.68. The van der Waals surface area contributed by atoms with Crippen molar-refractivity contribution in [2.75, 3.05) is 33.3 Å². The Morgan fingerprint density at radius 3 is 2.30 bits per heavy atom. The smallest absolute Gasteiger partial charge is 0.325 e. The molecule has 7 nitrogen and oxygen atoms in total. The summed E-state index contributed by atoms with van der Waals surface area (Å²) in [5.41, 5.74) is 0. The van der Waals surface area contributed by atoms with Crippen LogP contribution in [0.2, 0.25) is 0 Å². The van der Waals surface area contributed by atoms with E-state index >= 15 is 0 Å². The maximum absolute atomic E-state index is 12.1. The van der Waals surface area contributed by atoms with Gasteiger partial charge in [-0.1, -0.05) is 6.92 Å². The molecule has 0 saturated heterocycles. The summed E-state index contributed by atoms with van der Waals surface area (Å²) in [6, 6.07) is -0.287. The summed E-state index contributed by atoms with van der Waals surface area (Å²) >= 11 is 0. The SMILES string of the molecule is CCCN(CC(=O)OCC)C(=O)N(C)CCCC(=O)O. The third-order valence-electron chi connectivity index (χ3n) is 2.60. The Hall–Kier alpha value is -1.79. The lowest BCUT2D eigenvalue weighted by molar-refractivity contribution is -0.143. The molecule has 116 valence electrons. The van der Waals surface area contributed by atoms with E-state index in [2.05, 4.69) is 0 Å². The molecule has 2 amide bonds. The Morgan fingerprint density at radius 2 is 1.80 bits per heavy atom. The summed E-state index contributed by atoms with van der Waals surface area (Å²) in [6.07, 6.45) is 1.13. The highest BCUT2D eigenvalue weighted by Gasteiger charge is 2.20. The van der Waals surface area contributed by atoms with E-state index in [0.717, 1.165) is 6.42 Å². The standard InChI is InChI=1S/C13H24N2O5/c1-4-8-15(10-12(18)20-5-2)13(19)14(3)9-6-7-11(16)17/h4-10H2,1-3H3,(H,16,17). The average molecular weight is 288 g/mol. The van der Waals surface area contributed by atoms with Crippen molar-refractivity contribution in [2.45, 2.75) is 33.1 Å². The Balaban J connectivity index is 4.38. The summed E-state index contributed by atoms with van der Waals surface area (Å²) in [7, 11) is 1.60. The van der Waals surface area contributed by atoms with E-state index in [-0.39, 0.29) is 25.6 Å². The molecule has 0 aromatic rings. The molecule has 0 aliphatic rings. The number of aliphatic carboxylic acids is 1. The normalized spacial score (nSPS) is 9.95. The molecule has 0 atom stereocenters. The van der Waals surface area contributed by atoms with Crippen molar-refractivity contribution in [3.8, 4) is 0 Å². The maximum atomic E-state index is 12.1. The maximum Gasteiger partial charge on any atom is 0.325 e. The predicted octanol–water partition coefficient (Wildman–Crippen LogP) is 1.18. The van der Waals surface area contributed by atoms with Crippen molar-refractivity contribution in [2.24, 2.45) is 0 Å². The topological polar surface area (TPSA) is 87.2 Å². The van der Waals surface area contributed by atoms with Crippen molar-refractivity contribution < 1.29 is 24.2 Å². The van der Waals surface area contributed by atoms with E-state index in [0.29, 0.717) is 19.5 Å². The zero-order chi connectivity index (χ0) is 15.5. The van der Waals surface area contributed by atoms with Crippen molar-refractivity contribution in [3.05, 3.63) is 0 Å². The number of carbonyl (C=O) groups is 3. The van der Waals surface area contributed by atoms with Gasteiger partial charge in [0.1, 0.15) is 6.54 Å². The van der Waals surface area contributed by atoms with Gasteiger partial charge in [0.05, 0.1) is 6.61 Å². The van der Waals surface area contributed by atoms with Crippen LogP contribution in [0.25, 0.3) is 0 Å². The van der Waals surface area contributed by atoms with Crippen molar-refractivity contribution >= 4 is 18.0 Å². The molecule has 0 rings (SSSR count). The van der Waals surface area contributed by atoms with Crippen LogP contribution in [0.5, 0.6) is 0 Å². The lowest BCUT2D eigenvalue weighted by Crippen LogP contribution is -2.44. The van der Waals surface area contributed by atoms with E-state index in [9.17, 15) is 14.4 Å². The molecule has 0 heterocycles. The Labute approximate surface area is 119 Å². The van der Waals surface area contributed by atoms with Gasteiger partial charge in [-0.05, 0) is 19.8 Å². The molecule has 0 aliphatic heterocycles. The number of carboxylic acid groups (broad SMARTS) is 1. The first-order valence-electron chi connectivity index (χ1n) is 6.79. The number of hydrogen-bond acceptors (Lipinski definition) is 4. The highest BCUT2D eigenvalue weighted by atomic mass is 16.5. The molecule has 20 heavy (non-hydrogen) atoms. The predicted molar refractivity (Wildman–Crippen MR) is 73.4 cm³/mol. The minimum atomic E-state index is -0.886. The molecule has 0 bridgehead atoms. The van der Waals surface area contributed by atoms with E-state index in [4.69, 9.17) is 9.84 Å². The van der Waals surface area contributed by atoms with Gasteiger partial charge in [0.15, 0.2) is 0 Å². The molecular weight excluding hydrogens is 264 g/mol. The first-order valence-corrected chi connectivity index (χ1v) is 6.79. The average Bonchev–Trinajstić information content (AvgIpc) is 2.37. The summed E-state index contributed by atoms with van der Waals surface area (Å²) in [5, 5.41) is 8.56. The number of urea groups is 1. The van der Waals surface area contributed by atoms with Gasteiger partial charge in [0.2, 0.25) is 0 Å². The number of ether oxygens (including phenoxy) is 1. The Bertz CT molecular complexity index is 333. The highest BCUT2D eigenvalue weighted by Crippen LogP contribution is 2.02. The third-order valence-corrected chi connectivity index (χ3v) is 2.60. The van der Waals surface area contributed by atoms with Crippen molar-refractivity contribution in [1.82, 2.24) is 9.80 Å². The molecule has 7 heteroatoms. The highest BCUT2D eigenvalue weighted by molar-refractivity contribution is 5.81. The molecule has 0 aliphatic carbocycles. The van der Waals surface area contributed by atoms with Crippen LogP contribution in [-0.2, 0) is 14.3 Å². The molecule has 1 N–H and O–H groups in total. The van der Waals surface area contributed by atoms with E-state index in [1.165, 1.54) is 9.80 Å². The Kier molecular flexibility index (Phi) is 9.15.